The SMILES string of the molecule is Fc1[c]c(F)c(Cl)cn1. The van der Waals surface area contributed by atoms with Crippen LogP contribution in [0.3, 0.4) is 0 Å². The predicted octanol–water partition coefficient (Wildman–Crippen LogP) is 1.81. The van der Waals surface area contributed by atoms with Crippen LogP contribution >= 0.6 is 11.6 Å². The van der Waals surface area contributed by atoms with Crippen molar-refractivity contribution < 1.29 is 8.78 Å². The fraction of sp³-hybridized carbons (Fsp3) is 0. The van der Waals surface area contributed by atoms with E-state index in [1.54, 1.807) is 6.07 Å². The molecule has 1 nitrogen and oxygen atoms in total. The average Bonchev–Trinajstić information content (AvgIpc) is 1.80. The second kappa shape index (κ2) is 2.27. The number of pyridine rings is 1. The number of nitrogens with zero attached hydrogens (tertiary/aromatic N) is 1. The summed E-state index contributed by atoms with van der Waals surface area (Å²) in [6.45, 7) is 0. The minimum Gasteiger partial charge on any atom is -0.226 e. The zero-order valence-electron chi connectivity index (χ0n) is 4.16. The quantitative estimate of drug-likeness (QED) is 0.512. The Bertz CT molecular complexity index is 226. The van der Waals surface area contributed by atoms with Gasteiger partial charge < -0.3 is 0 Å². The number of hydrogen-bond donors (Lipinski definition) is 0. The van der Waals surface area contributed by atoms with Gasteiger partial charge in [0.15, 0.2) is 5.82 Å². The van der Waals surface area contributed by atoms with Gasteiger partial charge in [0.05, 0.1) is 17.3 Å². The molecule has 1 aromatic rings. The Morgan fingerprint density at radius 2 is 2.22 bits per heavy atom. The third-order valence-corrected chi connectivity index (χ3v) is 0.977. The Morgan fingerprint density at radius 1 is 1.56 bits per heavy atom. The largest absolute Gasteiger partial charge is 0.226 e. The number of halogens is 3. The Kier molecular flexibility index (Phi) is 1.62. The molecule has 1 rings (SSSR count). The van der Waals surface area contributed by atoms with Gasteiger partial charge in [-0.15, -0.1) is 0 Å². The van der Waals surface area contributed by atoms with Gasteiger partial charge >= 0.3 is 0 Å². The maximum Gasteiger partial charge on any atom is 0.224 e. The third kappa shape index (κ3) is 1.36. The molecule has 1 radical (unpaired) electrons. The molecule has 0 aromatic carbocycles. The molecule has 0 saturated heterocycles. The van der Waals surface area contributed by atoms with Gasteiger partial charge in [0, 0.05) is 0 Å². The molecular weight excluding hydrogens is 148 g/mol. The highest BCUT2D eigenvalue weighted by Gasteiger charge is 2.00. The molecule has 4 heteroatoms. The van der Waals surface area contributed by atoms with E-state index >= 15 is 0 Å². The van der Waals surface area contributed by atoms with Crippen LogP contribution in [0, 0.1) is 17.8 Å². The average molecular weight is 149 g/mol. The molecule has 0 aliphatic carbocycles. The molecule has 1 heterocycles. The summed E-state index contributed by atoms with van der Waals surface area (Å²) >= 11 is 5.15. The van der Waals surface area contributed by atoms with Crippen molar-refractivity contribution in [1.29, 1.82) is 0 Å². The Labute approximate surface area is 55.3 Å². The van der Waals surface area contributed by atoms with Crippen LogP contribution in [-0.4, -0.2) is 4.98 Å². The van der Waals surface area contributed by atoms with Gasteiger partial charge in [-0.3, -0.25) is 0 Å². The van der Waals surface area contributed by atoms with Crippen LogP contribution in [0.1, 0.15) is 0 Å². The van der Waals surface area contributed by atoms with Gasteiger partial charge in [-0.2, -0.15) is 4.39 Å². The summed E-state index contributed by atoms with van der Waals surface area (Å²) in [6.07, 6.45) is 0.892. The molecule has 0 unspecified atom stereocenters. The summed E-state index contributed by atoms with van der Waals surface area (Å²) in [4.78, 5) is 3.05. The van der Waals surface area contributed by atoms with E-state index in [9.17, 15) is 8.78 Å². The van der Waals surface area contributed by atoms with E-state index in [0.717, 1.165) is 6.20 Å². The monoisotopic (exact) mass is 148 g/mol. The van der Waals surface area contributed by atoms with Crippen molar-refractivity contribution >= 4 is 11.6 Å². The molecule has 0 saturated carbocycles. The van der Waals surface area contributed by atoms with Crippen molar-refractivity contribution in [3.63, 3.8) is 0 Å². The second-order valence-electron chi connectivity index (χ2n) is 1.34. The lowest BCUT2D eigenvalue weighted by molar-refractivity contribution is 0.548. The van der Waals surface area contributed by atoms with E-state index in [2.05, 4.69) is 4.98 Å². The molecule has 0 spiro atoms. The Hall–Kier alpha value is -0.700. The van der Waals surface area contributed by atoms with Crippen LogP contribution in [-0.2, 0) is 0 Å². The number of rotatable bonds is 0. The molecule has 0 amide bonds. The van der Waals surface area contributed by atoms with Crippen LogP contribution in [0.4, 0.5) is 8.78 Å². The lowest BCUT2D eigenvalue weighted by atomic mass is 10.5. The molecule has 0 atom stereocenters. The van der Waals surface area contributed by atoms with Crippen LogP contribution in [0.15, 0.2) is 6.20 Å². The molecular formula is C5HClF2N. The van der Waals surface area contributed by atoms with E-state index in [-0.39, 0.29) is 5.02 Å². The lowest BCUT2D eigenvalue weighted by Crippen LogP contribution is -1.84. The normalized spacial score (nSPS) is 9.67. The summed E-state index contributed by atoms with van der Waals surface area (Å²) < 4.78 is 24.0. The Balaban J connectivity index is 3.17. The number of aromatic nitrogens is 1. The van der Waals surface area contributed by atoms with Crippen LogP contribution < -0.4 is 0 Å². The van der Waals surface area contributed by atoms with Gasteiger partial charge in [-0.05, 0) is 0 Å². The minimum absolute atomic E-state index is 0.226. The van der Waals surface area contributed by atoms with Gasteiger partial charge in [-0.25, -0.2) is 9.37 Å². The third-order valence-electron chi connectivity index (χ3n) is 0.714. The maximum absolute atomic E-state index is 12.1. The van der Waals surface area contributed by atoms with Crippen LogP contribution in [0.2, 0.25) is 5.02 Å². The van der Waals surface area contributed by atoms with Crippen molar-refractivity contribution in [2.24, 2.45) is 0 Å². The first-order valence-electron chi connectivity index (χ1n) is 2.09. The van der Waals surface area contributed by atoms with Gasteiger partial charge in [0.2, 0.25) is 5.95 Å². The molecule has 0 N–H and O–H groups in total. The topological polar surface area (TPSA) is 12.9 Å². The first-order chi connectivity index (χ1) is 4.20. The summed E-state index contributed by atoms with van der Waals surface area (Å²) in [6, 6.07) is 1.66. The van der Waals surface area contributed by atoms with Gasteiger partial charge in [0.1, 0.15) is 0 Å². The molecule has 47 valence electrons. The van der Waals surface area contributed by atoms with Crippen molar-refractivity contribution in [2.45, 2.75) is 0 Å². The zero-order valence-corrected chi connectivity index (χ0v) is 4.91. The van der Waals surface area contributed by atoms with Crippen molar-refractivity contribution in [1.82, 2.24) is 4.98 Å². The van der Waals surface area contributed by atoms with Crippen LogP contribution in [0.5, 0.6) is 0 Å². The summed E-state index contributed by atoms with van der Waals surface area (Å²) in [5, 5.41) is -0.226. The molecule has 9 heavy (non-hydrogen) atoms. The standard InChI is InChI=1S/C5HClF2N/c6-3-2-9-5(8)1-4(3)7/h2H. The van der Waals surface area contributed by atoms with E-state index in [4.69, 9.17) is 11.6 Å². The highest BCUT2D eigenvalue weighted by molar-refractivity contribution is 6.30. The van der Waals surface area contributed by atoms with Crippen molar-refractivity contribution in [3.05, 3.63) is 29.1 Å². The summed E-state index contributed by atoms with van der Waals surface area (Å²) in [7, 11) is 0. The first-order valence-corrected chi connectivity index (χ1v) is 2.47. The summed E-state index contributed by atoms with van der Waals surface area (Å²) in [5.41, 5.74) is 0. The van der Waals surface area contributed by atoms with E-state index < -0.39 is 11.8 Å². The van der Waals surface area contributed by atoms with E-state index in [1.807, 2.05) is 0 Å². The van der Waals surface area contributed by atoms with Crippen molar-refractivity contribution in [3.8, 4) is 0 Å². The Morgan fingerprint density at radius 3 is 2.67 bits per heavy atom. The van der Waals surface area contributed by atoms with Gasteiger partial charge in [-0.1, -0.05) is 11.6 Å². The zero-order chi connectivity index (χ0) is 6.85. The van der Waals surface area contributed by atoms with E-state index in [1.165, 1.54) is 0 Å². The fourth-order valence-electron chi connectivity index (χ4n) is 0.353. The predicted molar refractivity (Wildman–Crippen MR) is 28.0 cm³/mol. The van der Waals surface area contributed by atoms with Gasteiger partial charge in [0.25, 0.3) is 0 Å². The van der Waals surface area contributed by atoms with E-state index in [0.29, 0.717) is 0 Å². The smallest absolute Gasteiger partial charge is 0.224 e. The molecule has 1 aromatic heterocycles. The molecule has 0 aliphatic rings. The minimum atomic E-state index is -0.989. The highest BCUT2D eigenvalue weighted by Crippen LogP contribution is 2.10. The maximum atomic E-state index is 12.1. The molecule has 0 aliphatic heterocycles. The first kappa shape index (κ1) is 6.42. The highest BCUT2D eigenvalue weighted by atomic mass is 35.5. The molecule has 0 fully saturated rings. The van der Waals surface area contributed by atoms with Crippen molar-refractivity contribution in [2.75, 3.05) is 0 Å². The lowest BCUT2D eigenvalue weighted by Gasteiger charge is -1.88. The summed E-state index contributed by atoms with van der Waals surface area (Å²) in [5.74, 6) is -1.90. The fourth-order valence-corrected chi connectivity index (χ4v) is 0.449. The van der Waals surface area contributed by atoms with Crippen LogP contribution in [0.25, 0.3) is 0 Å². The molecule has 0 bridgehead atoms. The second-order valence-corrected chi connectivity index (χ2v) is 1.74. The number of hydrogen-bond acceptors (Lipinski definition) is 1.